The second-order valence-corrected chi connectivity index (χ2v) is 6.73. The van der Waals surface area contributed by atoms with Crippen molar-refractivity contribution in [2.24, 2.45) is 11.8 Å². The van der Waals surface area contributed by atoms with Crippen molar-refractivity contribution in [3.8, 4) is 0 Å². The van der Waals surface area contributed by atoms with Gasteiger partial charge in [0.15, 0.2) is 0 Å². The van der Waals surface area contributed by atoms with E-state index < -0.39 is 0 Å². The minimum atomic E-state index is 0.205. The van der Waals surface area contributed by atoms with E-state index in [0.29, 0.717) is 24.4 Å². The van der Waals surface area contributed by atoms with Crippen LogP contribution in [0, 0.1) is 11.8 Å². The molecule has 108 valence electrons. The molecule has 4 heteroatoms. The fourth-order valence-electron chi connectivity index (χ4n) is 4.32. The summed E-state index contributed by atoms with van der Waals surface area (Å²) in [6.07, 6.45) is 8.82. The summed E-state index contributed by atoms with van der Waals surface area (Å²) in [5.41, 5.74) is 0. The maximum atomic E-state index is 12.1. The highest BCUT2D eigenvalue weighted by molar-refractivity contribution is 5.76. The van der Waals surface area contributed by atoms with Crippen LogP contribution in [0.5, 0.6) is 0 Å². The molecule has 0 aromatic rings. The Kier molecular flexibility index (Phi) is 4.08. The predicted octanol–water partition coefficient (Wildman–Crippen LogP) is 1.18. The highest BCUT2D eigenvalue weighted by Gasteiger charge is 2.35. The second-order valence-electron chi connectivity index (χ2n) is 6.73. The molecule has 2 heterocycles. The third-order valence-electron chi connectivity index (χ3n) is 5.28. The number of aliphatic hydroxyl groups excluding tert-OH is 1. The number of carbonyl (C=O) groups excluding carboxylic acids is 1. The molecule has 4 unspecified atom stereocenters. The van der Waals surface area contributed by atoms with E-state index in [2.05, 4.69) is 10.6 Å². The van der Waals surface area contributed by atoms with Crippen molar-refractivity contribution in [2.45, 2.75) is 69.5 Å². The van der Waals surface area contributed by atoms with E-state index in [1.807, 2.05) is 0 Å². The van der Waals surface area contributed by atoms with Gasteiger partial charge in [-0.15, -0.1) is 0 Å². The van der Waals surface area contributed by atoms with E-state index in [1.54, 1.807) is 0 Å². The zero-order chi connectivity index (χ0) is 13.2. The van der Waals surface area contributed by atoms with Gasteiger partial charge < -0.3 is 15.7 Å². The van der Waals surface area contributed by atoms with Gasteiger partial charge in [0.1, 0.15) is 0 Å². The first-order valence-electron chi connectivity index (χ1n) is 7.91. The van der Waals surface area contributed by atoms with Crippen LogP contribution in [0.25, 0.3) is 0 Å². The summed E-state index contributed by atoms with van der Waals surface area (Å²) in [6.45, 7) is 0.211. The van der Waals surface area contributed by atoms with Gasteiger partial charge >= 0.3 is 0 Å². The molecule has 3 fully saturated rings. The molecule has 19 heavy (non-hydrogen) atoms. The Hall–Kier alpha value is -0.610. The molecule has 3 rings (SSSR count). The number of rotatable bonds is 4. The molecule has 4 nitrogen and oxygen atoms in total. The predicted molar refractivity (Wildman–Crippen MR) is 73.6 cm³/mol. The molecule has 4 atom stereocenters. The lowest BCUT2D eigenvalue weighted by Crippen LogP contribution is -2.42. The van der Waals surface area contributed by atoms with Crippen LogP contribution < -0.4 is 10.6 Å². The molecular formula is C15H26N2O2. The Bertz CT molecular complexity index is 322. The van der Waals surface area contributed by atoms with Crippen LogP contribution in [0.2, 0.25) is 0 Å². The molecular weight excluding hydrogens is 240 g/mol. The Balaban J connectivity index is 1.46. The number of amides is 1. The van der Waals surface area contributed by atoms with E-state index >= 15 is 0 Å². The number of fused-ring (bicyclic) bond motifs is 2. The molecule has 0 aromatic carbocycles. The zero-order valence-electron chi connectivity index (χ0n) is 11.6. The topological polar surface area (TPSA) is 61.4 Å². The van der Waals surface area contributed by atoms with Crippen LogP contribution in [-0.2, 0) is 4.79 Å². The average Bonchev–Trinajstić information content (AvgIpc) is 2.96. The molecule has 3 aliphatic rings. The molecule has 0 spiro atoms. The van der Waals surface area contributed by atoms with E-state index in [4.69, 9.17) is 0 Å². The molecule has 0 aromatic heterocycles. The van der Waals surface area contributed by atoms with Crippen molar-refractivity contribution < 1.29 is 9.90 Å². The highest BCUT2D eigenvalue weighted by atomic mass is 16.3. The number of nitrogens with one attached hydrogen (secondary N) is 2. The molecule has 1 aliphatic carbocycles. The largest absolute Gasteiger partial charge is 0.396 e. The Morgan fingerprint density at radius 3 is 2.58 bits per heavy atom. The minimum absolute atomic E-state index is 0.205. The van der Waals surface area contributed by atoms with Crippen LogP contribution in [0.15, 0.2) is 0 Å². The number of carbonyl (C=O) groups is 1. The smallest absolute Gasteiger partial charge is 0.220 e. The highest BCUT2D eigenvalue weighted by Crippen LogP contribution is 2.33. The summed E-state index contributed by atoms with van der Waals surface area (Å²) in [6, 6.07) is 1.54. The van der Waals surface area contributed by atoms with Gasteiger partial charge in [-0.1, -0.05) is 6.42 Å². The van der Waals surface area contributed by atoms with Gasteiger partial charge in [-0.25, -0.2) is 0 Å². The third-order valence-corrected chi connectivity index (χ3v) is 5.28. The molecule has 2 bridgehead atoms. The van der Waals surface area contributed by atoms with Crippen molar-refractivity contribution in [2.75, 3.05) is 6.61 Å². The van der Waals surface area contributed by atoms with Crippen molar-refractivity contribution in [3.05, 3.63) is 0 Å². The first kappa shape index (κ1) is 13.4. The molecule has 3 N–H and O–H groups in total. The van der Waals surface area contributed by atoms with Crippen molar-refractivity contribution >= 4 is 5.91 Å². The van der Waals surface area contributed by atoms with E-state index in [1.165, 1.54) is 12.8 Å². The molecule has 0 radical (unpaired) electrons. The van der Waals surface area contributed by atoms with Gasteiger partial charge in [-0.2, -0.15) is 0 Å². The van der Waals surface area contributed by atoms with Gasteiger partial charge in [-0.3, -0.25) is 4.79 Å². The third kappa shape index (κ3) is 3.11. The lowest BCUT2D eigenvalue weighted by atomic mass is 9.89. The van der Waals surface area contributed by atoms with Crippen molar-refractivity contribution in [3.63, 3.8) is 0 Å². The Morgan fingerprint density at radius 1 is 1.16 bits per heavy atom. The fraction of sp³-hybridized carbons (Fsp3) is 0.933. The Morgan fingerprint density at radius 2 is 1.89 bits per heavy atom. The fourth-order valence-corrected chi connectivity index (χ4v) is 4.32. The molecule has 2 aliphatic heterocycles. The molecule has 1 amide bonds. The van der Waals surface area contributed by atoms with Crippen LogP contribution in [0.1, 0.15) is 51.4 Å². The first-order valence-corrected chi connectivity index (χ1v) is 7.91. The van der Waals surface area contributed by atoms with E-state index in [9.17, 15) is 9.90 Å². The van der Waals surface area contributed by atoms with Crippen molar-refractivity contribution in [1.82, 2.24) is 10.6 Å². The van der Waals surface area contributed by atoms with Crippen molar-refractivity contribution in [1.29, 1.82) is 0 Å². The van der Waals surface area contributed by atoms with E-state index in [0.717, 1.165) is 32.1 Å². The number of piperidine rings is 1. The number of hydrogen-bond donors (Lipinski definition) is 3. The summed E-state index contributed by atoms with van der Waals surface area (Å²) in [5.74, 6) is 1.05. The normalized spacial score (nSPS) is 41.4. The van der Waals surface area contributed by atoms with Crippen LogP contribution in [0.3, 0.4) is 0 Å². The summed E-state index contributed by atoms with van der Waals surface area (Å²) in [4.78, 5) is 12.1. The van der Waals surface area contributed by atoms with Crippen LogP contribution in [-0.4, -0.2) is 35.7 Å². The SMILES string of the molecule is O=C(CC1CC2CCC(C1)N2)NC1CCCC1CO. The van der Waals surface area contributed by atoms with Crippen LogP contribution in [0.4, 0.5) is 0 Å². The summed E-state index contributed by atoms with van der Waals surface area (Å²) in [5, 5.41) is 16.1. The molecule has 1 saturated carbocycles. The quantitative estimate of drug-likeness (QED) is 0.716. The van der Waals surface area contributed by atoms with Crippen LogP contribution >= 0.6 is 0 Å². The number of aliphatic hydroxyl groups is 1. The Labute approximate surface area is 115 Å². The average molecular weight is 266 g/mol. The lowest BCUT2D eigenvalue weighted by molar-refractivity contribution is -0.123. The van der Waals surface area contributed by atoms with Gasteiger partial charge in [0.25, 0.3) is 0 Å². The maximum absolute atomic E-state index is 12.1. The summed E-state index contributed by atoms with van der Waals surface area (Å²) in [7, 11) is 0. The number of hydrogen-bond acceptors (Lipinski definition) is 3. The summed E-state index contributed by atoms with van der Waals surface area (Å²) < 4.78 is 0. The monoisotopic (exact) mass is 266 g/mol. The minimum Gasteiger partial charge on any atom is -0.396 e. The summed E-state index contributed by atoms with van der Waals surface area (Å²) >= 11 is 0. The van der Waals surface area contributed by atoms with Gasteiger partial charge in [0.05, 0.1) is 0 Å². The molecule has 2 saturated heterocycles. The van der Waals surface area contributed by atoms with E-state index in [-0.39, 0.29) is 24.5 Å². The maximum Gasteiger partial charge on any atom is 0.220 e. The van der Waals surface area contributed by atoms with Gasteiger partial charge in [0, 0.05) is 37.1 Å². The van der Waals surface area contributed by atoms with Gasteiger partial charge in [-0.05, 0) is 44.4 Å². The first-order chi connectivity index (χ1) is 9.24. The van der Waals surface area contributed by atoms with Gasteiger partial charge in [0.2, 0.25) is 5.91 Å². The lowest BCUT2D eigenvalue weighted by Gasteiger charge is -2.29. The second kappa shape index (κ2) is 5.80. The standard InChI is InChI=1S/C15H26N2O2/c18-9-11-2-1-3-14(11)17-15(19)8-10-6-12-4-5-13(7-10)16-12/h10-14,16,18H,1-9H2,(H,17,19). The zero-order valence-corrected chi connectivity index (χ0v) is 11.6.